The molecule has 1 fully saturated rings. The Bertz CT molecular complexity index is 786. The third-order valence-corrected chi connectivity index (χ3v) is 5.15. The maximum Gasteiger partial charge on any atom is 0.273 e. The Balaban J connectivity index is 2.25. The summed E-state index contributed by atoms with van der Waals surface area (Å²) in [6, 6.07) is 5.89. The van der Waals surface area contributed by atoms with Crippen LogP contribution in [-0.2, 0) is 10.0 Å². The topological polar surface area (TPSA) is 90.9 Å². The van der Waals surface area contributed by atoms with Crippen LogP contribution in [0.1, 0.15) is 18.9 Å². The Morgan fingerprint density at radius 3 is 2.65 bits per heavy atom. The number of hydrogen-bond donors (Lipinski definition) is 1. The lowest BCUT2D eigenvalue weighted by molar-refractivity contribution is 0.567. The average molecular weight is 469 g/mol. The van der Waals surface area contributed by atoms with Crippen molar-refractivity contribution in [2.75, 3.05) is 0 Å². The standard InChI is InChI=1S/C11H10BrIN4O2S/c12-9-4-1-6(13)5-8(9)10-15-16-11(20(14,18)19)17(10)7-2-3-7/h1,4-5,7H,2-3H2,(H2,14,18,19). The lowest BCUT2D eigenvalue weighted by Crippen LogP contribution is -2.18. The second kappa shape index (κ2) is 5.04. The molecular weight excluding hydrogens is 459 g/mol. The molecule has 0 bridgehead atoms. The molecule has 2 N–H and O–H groups in total. The molecule has 0 radical (unpaired) electrons. The summed E-state index contributed by atoms with van der Waals surface area (Å²) in [7, 11) is -3.88. The van der Waals surface area contributed by atoms with E-state index in [1.54, 1.807) is 4.57 Å². The number of primary sulfonamides is 1. The summed E-state index contributed by atoms with van der Waals surface area (Å²) in [5.41, 5.74) is 0.811. The maximum absolute atomic E-state index is 11.6. The van der Waals surface area contributed by atoms with E-state index in [0.29, 0.717) is 5.82 Å². The van der Waals surface area contributed by atoms with Gasteiger partial charge in [0, 0.05) is 19.6 Å². The first-order valence-corrected chi connectivity index (χ1v) is 9.23. The van der Waals surface area contributed by atoms with Crippen LogP contribution in [0, 0.1) is 3.57 Å². The molecule has 0 unspecified atom stereocenters. The smallest absolute Gasteiger partial charge is 0.273 e. The van der Waals surface area contributed by atoms with E-state index in [1.165, 1.54) is 0 Å². The molecule has 2 aromatic rings. The zero-order chi connectivity index (χ0) is 14.5. The molecule has 20 heavy (non-hydrogen) atoms. The van der Waals surface area contributed by atoms with Crippen molar-refractivity contribution < 1.29 is 8.42 Å². The number of nitrogens with zero attached hydrogens (tertiary/aromatic N) is 3. The highest BCUT2D eigenvalue weighted by Gasteiger charge is 2.34. The van der Waals surface area contributed by atoms with Gasteiger partial charge in [0.05, 0.1) is 0 Å². The van der Waals surface area contributed by atoms with Crippen LogP contribution >= 0.6 is 38.5 Å². The van der Waals surface area contributed by atoms with E-state index in [9.17, 15) is 8.42 Å². The van der Waals surface area contributed by atoms with E-state index in [4.69, 9.17) is 5.14 Å². The van der Waals surface area contributed by atoms with Crippen molar-refractivity contribution in [1.82, 2.24) is 14.8 Å². The van der Waals surface area contributed by atoms with Gasteiger partial charge < -0.3 is 0 Å². The summed E-state index contributed by atoms with van der Waals surface area (Å²) in [6.45, 7) is 0. The van der Waals surface area contributed by atoms with Gasteiger partial charge in [0.25, 0.3) is 15.2 Å². The Morgan fingerprint density at radius 1 is 1.35 bits per heavy atom. The molecule has 1 heterocycles. The van der Waals surface area contributed by atoms with Crippen LogP contribution in [0.25, 0.3) is 11.4 Å². The largest absolute Gasteiger partial charge is 0.294 e. The highest BCUT2D eigenvalue weighted by Crippen LogP contribution is 2.41. The van der Waals surface area contributed by atoms with Crippen molar-refractivity contribution in [3.8, 4) is 11.4 Å². The minimum Gasteiger partial charge on any atom is -0.294 e. The zero-order valence-corrected chi connectivity index (χ0v) is 14.7. The van der Waals surface area contributed by atoms with E-state index in [2.05, 4.69) is 48.7 Å². The fourth-order valence-corrected chi connectivity index (χ4v) is 3.56. The molecule has 3 rings (SSSR count). The van der Waals surface area contributed by atoms with Gasteiger partial charge in [0.15, 0.2) is 5.82 Å². The number of rotatable bonds is 3. The lowest BCUT2D eigenvalue weighted by atomic mass is 10.2. The van der Waals surface area contributed by atoms with Gasteiger partial charge in [-0.3, -0.25) is 4.57 Å². The third-order valence-electron chi connectivity index (χ3n) is 3.00. The normalized spacial score (nSPS) is 15.6. The quantitative estimate of drug-likeness (QED) is 0.699. The fourth-order valence-electron chi connectivity index (χ4n) is 1.99. The van der Waals surface area contributed by atoms with Gasteiger partial charge >= 0.3 is 0 Å². The fraction of sp³-hybridized carbons (Fsp3) is 0.273. The molecule has 1 aromatic carbocycles. The molecule has 0 saturated heterocycles. The van der Waals surface area contributed by atoms with Crippen LogP contribution in [0.2, 0.25) is 0 Å². The first-order valence-electron chi connectivity index (χ1n) is 5.81. The van der Waals surface area contributed by atoms with Gasteiger partial charge in [0.2, 0.25) is 0 Å². The van der Waals surface area contributed by atoms with Crippen LogP contribution in [-0.4, -0.2) is 23.2 Å². The van der Waals surface area contributed by atoms with Crippen LogP contribution in [0.3, 0.4) is 0 Å². The number of nitrogens with two attached hydrogens (primary N) is 1. The van der Waals surface area contributed by atoms with Gasteiger partial charge in [-0.1, -0.05) is 15.9 Å². The first-order chi connectivity index (χ1) is 9.38. The van der Waals surface area contributed by atoms with Gasteiger partial charge in [0.1, 0.15) is 0 Å². The molecule has 1 aromatic heterocycles. The Morgan fingerprint density at radius 2 is 2.05 bits per heavy atom. The van der Waals surface area contributed by atoms with Crippen LogP contribution < -0.4 is 5.14 Å². The average Bonchev–Trinajstić information content (AvgIpc) is 3.09. The predicted octanol–water partition coefficient (Wildman–Crippen LogP) is 2.29. The van der Waals surface area contributed by atoms with E-state index in [0.717, 1.165) is 26.4 Å². The second-order valence-corrected chi connectivity index (χ2v) is 8.13. The van der Waals surface area contributed by atoms with Gasteiger partial charge in [-0.25, -0.2) is 13.6 Å². The molecule has 1 aliphatic carbocycles. The first kappa shape index (κ1) is 14.4. The summed E-state index contributed by atoms with van der Waals surface area (Å²) in [6.07, 6.45) is 1.82. The summed E-state index contributed by atoms with van der Waals surface area (Å²) < 4.78 is 26.7. The van der Waals surface area contributed by atoms with Crippen molar-refractivity contribution in [1.29, 1.82) is 0 Å². The Hall–Kier alpha value is -0.520. The van der Waals surface area contributed by atoms with Crippen molar-refractivity contribution in [2.45, 2.75) is 24.0 Å². The third kappa shape index (κ3) is 2.63. The molecule has 1 saturated carbocycles. The van der Waals surface area contributed by atoms with Crippen LogP contribution in [0.4, 0.5) is 0 Å². The summed E-state index contributed by atoms with van der Waals surface area (Å²) in [4.78, 5) is 0. The van der Waals surface area contributed by atoms with Crippen molar-refractivity contribution >= 4 is 48.5 Å². The molecule has 0 amide bonds. The number of aromatic nitrogens is 3. The molecule has 1 aliphatic rings. The van der Waals surface area contributed by atoms with Crippen molar-refractivity contribution in [3.63, 3.8) is 0 Å². The van der Waals surface area contributed by atoms with Gasteiger partial charge in [-0.05, 0) is 53.6 Å². The molecule has 0 spiro atoms. The van der Waals surface area contributed by atoms with Crippen LogP contribution in [0.5, 0.6) is 0 Å². The second-order valence-electron chi connectivity index (χ2n) is 4.58. The monoisotopic (exact) mass is 468 g/mol. The highest BCUT2D eigenvalue weighted by atomic mass is 127. The lowest BCUT2D eigenvalue weighted by Gasteiger charge is -2.09. The van der Waals surface area contributed by atoms with Crippen LogP contribution in [0.15, 0.2) is 27.8 Å². The van der Waals surface area contributed by atoms with Gasteiger partial charge in [-0.15, -0.1) is 10.2 Å². The molecule has 9 heteroatoms. The minimum atomic E-state index is -3.88. The summed E-state index contributed by atoms with van der Waals surface area (Å²) in [5.74, 6) is 0.530. The number of sulfonamides is 1. The van der Waals surface area contributed by atoms with E-state index < -0.39 is 10.0 Å². The highest BCUT2D eigenvalue weighted by molar-refractivity contribution is 14.1. The number of hydrogen-bond acceptors (Lipinski definition) is 4. The molecular formula is C11H10BrIN4O2S. The minimum absolute atomic E-state index is 0.109. The van der Waals surface area contributed by atoms with E-state index in [-0.39, 0.29) is 11.2 Å². The molecule has 6 nitrogen and oxygen atoms in total. The molecule has 0 atom stereocenters. The summed E-state index contributed by atoms with van der Waals surface area (Å²) >= 11 is 5.66. The van der Waals surface area contributed by atoms with E-state index in [1.807, 2.05) is 18.2 Å². The maximum atomic E-state index is 11.6. The van der Waals surface area contributed by atoms with E-state index >= 15 is 0 Å². The number of halogens is 2. The predicted molar refractivity (Wildman–Crippen MR) is 85.5 cm³/mol. The summed E-state index contributed by atoms with van der Waals surface area (Å²) in [5, 5.41) is 12.9. The SMILES string of the molecule is NS(=O)(=O)c1nnc(-c2cc(I)ccc2Br)n1C1CC1. The zero-order valence-electron chi connectivity index (χ0n) is 10.1. The van der Waals surface area contributed by atoms with Crippen molar-refractivity contribution in [3.05, 3.63) is 26.2 Å². The van der Waals surface area contributed by atoms with Crippen molar-refractivity contribution in [2.24, 2.45) is 5.14 Å². The number of benzene rings is 1. The Kier molecular flexibility index (Phi) is 3.63. The molecule has 106 valence electrons. The Labute approximate surface area is 138 Å². The van der Waals surface area contributed by atoms with Gasteiger partial charge in [-0.2, -0.15) is 0 Å². The molecule has 0 aliphatic heterocycles.